The molecule has 0 fully saturated rings. The van der Waals surface area contributed by atoms with Gasteiger partial charge in [-0.05, 0) is 6.92 Å². The minimum absolute atomic E-state index is 0.131. The summed E-state index contributed by atoms with van der Waals surface area (Å²) in [4.78, 5) is 27.5. The maximum Gasteiger partial charge on any atom is 0.234 e. The zero-order valence-corrected chi connectivity index (χ0v) is 6.51. The monoisotopic (exact) mass is 166 g/mol. The van der Waals surface area contributed by atoms with E-state index in [4.69, 9.17) is 15.5 Å². The molecule has 0 saturated carbocycles. The van der Waals surface area contributed by atoms with Crippen LogP contribution in [-0.4, -0.2) is 28.0 Å². The van der Waals surface area contributed by atoms with Crippen molar-refractivity contribution in [3.63, 3.8) is 0 Å². The van der Waals surface area contributed by atoms with Gasteiger partial charge in [0.15, 0.2) is 8.38 Å². The van der Waals surface area contributed by atoms with E-state index in [1.54, 1.807) is 0 Å². The summed E-state index contributed by atoms with van der Waals surface area (Å²) in [6.07, 6.45) is 0. The van der Waals surface area contributed by atoms with Crippen LogP contribution in [0.5, 0.6) is 0 Å². The molecular formula is C4H11N2O3P. The van der Waals surface area contributed by atoms with Gasteiger partial charge < -0.3 is 20.8 Å². The average molecular weight is 166 g/mol. The summed E-state index contributed by atoms with van der Waals surface area (Å²) < 4.78 is 0. The molecule has 0 saturated heterocycles. The predicted molar refractivity (Wildman–Crippen MR) is 38.0 cm³/mol. The van der Waals surface area contributed by atoms with Crippen molar-refractivity contribution < 1.29 is 14.6 Å². The Bertz CT molecular complexity index is 119. The third-order valence-electron chi connectivity index (χ3n) is 0.902. The van der Waals surface area contributed by atoms with Crippen molar-refractivity contribution in [2.75, 3.05) is 6.54 Å². The van der Waals surface area contributed by atoms with Crippen molar-refractivity contribution in [3.8, 4) is 0 Å². The highest BCUT2D eigenvalue weighted by molar-refractivity contribution is 7.45. The lowest BCUT2D eigenvalue weighted by Crippen LogP contribution is -2.35. The van der Waals surface area contributed by atoms with E-state index >= 15 is 0 Å². The van der Waals surface area contributed by atoms with Crippen LogP contribution in [0.2, 0.25) is 0 Å². The number of amides is 1. The number of rotatable bonds is 3. The van der Waals surface area contributed by atoms with Crippen LogP contribution in [0.4, 0.5) is 0 Å². The molecule has 0 aromatic heterocycles. The second-order valence-corrected chi connectivity index (χ2v) is 3.18. The number of nitrogens with one attached hydrogen (secondary N) is 1. The molecule has 1 atom stereocenters. The first-order valence-corrected chi connectivity index (χ1v) is 4.06. The van der Waals surface area contributed by atoms with Gasteiger partial charge in [0, 0.05) is 0 Å². The van der Waals surface area contributed by atoms with Gasteiger partial charge in [0.25, 0.3) is 0 Å². The Kier molecular flexibility index (Phi) is 4.47. The molecule has 6 heteroatoms. The Morgan fingerprint density at radius 1 is 1.80 bits per heavy atom. The summed E-state index contributed by atoms with van der Waals surface area (Å²) >= 11 is 0. The van der Waals surface area contributed by atoms with Gasteiger partial charge in [0.05, 0.1) is 12.3 Å². The molecule has 0 bridgehead atoms. The van der Waals surface area contributed by atoms with Crippen molar-refractivity contribution in [1.29, 1.82) is 0 Å². The molecule has 5 N–H and O–H groups in total. The molecule has 0 aromatic rings. The largest absolute Gasteiger partial charge is 0.349 e. The fourth-order valence-corrected chi connectivity index (χ4v) is 0.609. The van der Waals surface area contributed by atoms with Gasteiger partial charge in [0.2, 0.25) is 5.91 Å². The summed E-state index contributed by atoms with van der Waals surface area (Å²) in [5, 5.41) is 2.29. The lowest BCUT2D eigenvalue weighted by molar-refractivity contribution is -0.119. The van der Waals surface area contributed by atoms with Crippen LogP contribution in [0.3, 0.4) is 0 Å². The molecule has 0 aromatic carbocycles. The molecule has 0 aliphatic carbocycles. The molecule has 0 spiro atoms. The maximum atomic E-state index is 10.5. The van der Waals surface area contributed by atoms with Crippen LogP contribution < -0.4 is 11.1 Å². The van der Waals surface area contributed by atoms with E-state index in [1.807, 2.05) is 0 Å². The minimum Gasteiger partial charge on any atom is -0.349 e. The predicted octanol–water partition coefficient (Wildman–Crippen LogP) is -1.30. The first kappa shape index (κ1) is 9.78. The molecule has 0 aliphatic heterocycles. The molecule has 0 radical (unpaired) electrons. The topological polar surface area (TPSA) is 95.6 Å². The molecule has 1 amide bonds. The zero-order chi connectivity index (χ0) is 8.15. The number of carbonyl (C=O) groups excluding carboxylic acids is 1. The van der Waals surface area contributed by atoms with Crippen LogP contribution >= 0.6 is 8.38 Å². The molecule has 5 nitrogen and oxygen atoms in total. The SMILES string of the molecule is C[C@H](NC(=O)CN)P(O)O. The van der Waals surface area contributed by atoms with E-state index in [2.05, 4.69) is 5.32 Å². The highest BCUT2D eigenvalue weighted by Crippen LogP contribution is 2.27. The van der Waals surface area contributed by atoms with Gasteiger partial charge in [-0.15, -0.1) is 0 Å². The lowest BCUT2D eigenvalue weighted by atomic mass is 10.6. The van der Waals surface area contributed by atoms with Crippen LogP contribution in [-0.2, 0) is 4.79 Å². The minimum atomic E-state index is -2.09. The number of nitrogens with two attached hydrogens (primary N) is 1. The van der Waals surface area contributed by atoms with E-state index in [-0.39, 0.29) is 12.5 Å². The zero-order valence-electron chi connectivity index (χ0n) is 5.61. The van der Waals surface area contributed by atoms with Crippen LogP contribution in [0.15, 0.2) is 0 Å². The third kappa shape index (κ3) is 3.74. The van der Waals surface area contributed by atoms with E-state index in [0.717, 1.165) is 0 Å². The Balaban J connectivity index is 3.57. The first-order valence-electron chi connectivity index (χ1n) is 2.74. The molecular weight excluding hydrogens is 155 g/mol. The van der Waals surface area contributed by atoms with Crippen molar-refractivity contribution in [2.24, 2.45) is 5.73 Å². The van der Waals surface area contributed by atoms with Crippen LogP contribution in [0, 0.1) is 0 Å². The van der Waals surface area contributed by atoms with E-state index < -0.39 is 14.2 Å². The fraction of sp³-hybridized carbons (Fsp3) is 0.750. The van der Waals surface area contributed by atoms with Crippen LogP contribution in [0.25, 0.3) is 0 Å². The number of carbonyl (C=O) groups is 1. The third-order valence-corrected chi connectivity index (χ3v) is 1.72. The summed E-state index contributed by atoms with van der Waals surface area (Å²) in [6, 6.07) is 0. The molecule has 60 valence electrons. The smallest absolute Gasteiger partial charge is 0.234 e. The Morgan fingerprint density at radius 2 is 2.30 bits per heavy atom. The van der Waals surface area contributed by atoms with E-state index in [1.165, 1.54) is 6.92 Å². The van der Waals surface area contributed by atoms with Crippen molar-refractivity contribution in [1.82, 2.24) is 5.32 Å². The summed E-state index contributed by atoms with van der Waals surface area (Å²) in [5.41, 5.74) is 4.95. The second-order valence-electron chi connectivity index (χ2n) is 1.77. The fourth-order valence-electron chi connectivity index (χ4n) is 0.350. The number of hydrogen-bond donors (Lipinski definition) is 4. The van der Waals surface area contributed by atoms with Crippen molar-refractivity contribution >= 4 is 14.3 Å². The molecule has 0 heterocycles. The summed E-state index contributed by atoms with van der Waals surface area (Å²) in [7, 11) is -2.09. The highest BCUT2D eigenvalue weighted by Gasteiger charge is 2.12. The van der Waals surface area contributed by atoms with Gasteiger partial charge in [0.1, 0.15) is 0 Å². The Morgan fingerprint density at radius 3 is 2.60 bits per heavy atom. The van der Waals surface area contributed by atoms with Gasteiger partial charge >= 0.3 is 0 Å². The van der Waals surface area contributed by atoms with Crippen molar-refractivity contribution in [2.45, 2.75) is 12.7 Å². The van der Waals surface area contributed by atoms with Gasteiger partial charge in [-0.3, -0.25) is 4.79 Å². The standard InChI is InChI=1S/C4H11N2O3P/c1-3(10(8)9)6-4(7)2-5/h3,8-9H,2,5H2,1H3,(H,6,7)/t3-/m1/s1. The lowest BCUT2D eigenvalue weighted by Gasteiger charge is -2.13. The van der Waals surface area contributed by atoms with Gasteiger partial charge in [-0.25, -0.2) is 0 Å². The Labute approximate surface area is 60.1 Å². The average Bonchev–Trinajstić information content (AvgIpc) is 1.87. The Hall–Kier alpha value is -0.220. The molecule has 10 heavy (non-hydrogen) atoms. The van der Waals surface area contributed by atoms with Crippen LogP contribution in [0.1, 0.15) is 6.92 Å². The van der Waals surface area contributed by atoms with Crippen molar-refractivity contribution in [3.05, 3.63) is 0 Å². The maximum absolute atomic E-state index is 10.5. The van der Waals surface area contributed by atoms with E-state index in [9.17, 15) is 4.79 Å². The molecule has 0 unspecified atom stereocenters. The molecule has 0 rings (SSSR count). The quantitative estimate of drug-likeness (QED) is 0.392. The van der Waals surface area contributed by atoms with Gasteiger partial charge in [-0.1, -0.05) is 0 Å². The normalized spacial score (nSPS) is 13.3. The van der Waals surface area contributed by atoms with Gasteiger partial charge in [-0.2, -0.15) is 0 Å². The summed E-state index contributed by atoms with van der Waals surface area (Å²) in [5.74, 6) is -0.992. The van der Waals surface area contributed by atoms with E-state index in [0.29, 0.717) is 0 Å². The first-order chi connectivity index (χ1) is 4.57. The highest BCUT2D eigenvalue weighted by atomic mass is 31.2. The number of hydrogen-bond acceptors (Lipinski definition) is 4. The molecule has 0 aliphatic rings. The second kappa shape index (κ2) is 4.57. The summed E-state index contributed by atoms with van der Waals surface area (Å²) in [6.45, 7) is 1.37.